The number of nitrogens with zero attached hydrogens (tertiary/aromatic N) is 1. The van der Waals surface area contributed by atoms with Gasteiger partial charge in [-0.05, 0) is 37.8 Å². The zero-order valence-corrected chi connectivity index (χ0v) is 13.0. The minimum Gasteiger partial charge on any atom is -0.455 e. The molecule has 1 aromatic rings. The van der Waals surface area contributed by atoms with Gasteiger partial charge in [-0.3, -0.25) is 9.59 Å². The van der Waals surface area contributed by atoms with Gasteiger partial charge in [-0.15, -0.1) is 11.8 Å². The van der Waals surface area contributed by atoms with Gasteiger partial charge in [0.05, 0.1) is 11.8 Å². The first-order chi connectivity index (χ1) is 10.6. The van der Waals surface area contributed by atoms with Gasteiger partial charge in [0.2, 0.25) is 0 Å². The molecule has 5 nitrogen and oxygen atoms in total. The Hall–Kier alpha value is -2.00. The van der Waals surface area contributed by atoms with Crippen LogP contribution in [0.25, 0.3) is 0 Å². The number of rotatable bonds is 6. The van der Waals surface area contributed by atoms with Crippen molar-refractivity contribution in [2.24, 2.45) is 0 Å². The van der Waals surface area contributed by atoms with Crippen LogP contribution in [0.2, 0.25) is 0 Å². The highest BCUT2D eigenvalue weighted by atomic mass is 32.2. The maximum Gasteiger partial charge on any atom is 0.316 e. The van der Waals surface area contributed by atoms with E-state index in [1.165, 1.54) is 11.8 Å². The third-order valence-electron chi connectivity index (χ3n) is 3.51. The molecule has 1 aromatic carbocycles. The summed E-state index contributed by atoms with van der Waals surface area (Å²) in [4.78, 5) is 24.4. The van der Waals surface area contributed by atoms with Crippen LogP contribution in [0.5, 0.6) is 0 Å². The van der Waals surface area contributed by atoms with Gasteiger partial charge >= 0.3 is 5.97 Å². The minimum atomic E-state index is -0.776. The van der Waals surface area contributed by atoms with Crippen molar-refractivity contribution >= 4 is 23.6 Å². The Kier molecular flexibility index (Phi) is 5.84. The molecule has 0 saturated heterocycles. The largest absolute Gasteiger partial charge is 0.455 e. The molecule has 0 unspecified atom stereocenters. The van der Waals surface area contributed by atoms with Crippen molar-refractivity contribution in [3.8, 4) is 6.07 Å². The van der Waals surface area contributed by atoms with E-state index < -0.39 is 17.4 Å². The Morgan fingerprint density at radius 1 is 1.27 bits per heavy atom. The van der Waals surface area contributed by atoms with Crippen molar-refractivity contribution in [3.63, 3.8) is 0 Å². The van der Waals surface area contributed by atoms with Crippen LogP contribution >= 0.6 is 11.8 Å². The number of amides is 1. The molecule has 2 rings (SSSR count). The molecule has 1 N–H and O–H groups in total. The lowest BCUT2D eigenvalue weighted by Crippen LogP contribution is -2.46. The Morgan fingerprint density at radius 2 is 1.95 bits per heavy atom. The molecule has 1 fully saturated rings. The van der Waals surface area contributed by atoms with E-state index in [1.807, 2.05) is 30.3 Å². The smallest absolute Gasteiger partial charge is 0.316 e. The summed E-state index contributed by atoms with van der Waals surface area (Å²) in [6.07, 6.45) is 3.18. The molecule has 1 aliphatic rings. The van der Waals surface area contributed by atoms with Crippen molar-refractivity contribution < 1.29 is 14.3 Å². The molecule has 6 heteroatoms. The zero-order valence-electron chi connectivity index (χ0n) is 12.2. The topological polar surface area (TPSA) is 79.2 Å². The maximum absolute atomic E-state index is 11.8. The van der Waals surface area contributed by atoms with Crippen molar-refractivity contribution in [1.29, 1.82) is 5.26 Å². The predicted octanol–water partition coefficient (Wildman–Crippen LogP) is 2.27. The quantitative estimate of drug-likeness (QED) is 0.643. The van der Waals surface area contributed by atoms with Crippen LogP contribution in [0.1, 0.15) is 25.7 Å². The highest BCUT2D eigenvalue weighted by molar-refractivity contribution is 8.00. The number of hydrogen-bond acceptors (Lipinski definition) is 5. The van der Waals surface area contributed by atoms with Crippen LogP contribution in [0.3, 0.4) is 0 Å². The van der Waals surface area contributed by atoms with Crippen LogP contribution in [-0.2, 0) is 14.3 Å². The van der Waals surface area contributed by atoms with Gasteiger partial charge in [-0.1, -0.05) is 18.2 Å². The summed E-state index contributed by atoms with van der Waals surface area (Å²) >= 11 is 1.36. The standard InChI is InChI=1S/C16H18N2O3S/c17-12-16(8-4-5-9-16)18-14(19)10-21-15(20)11-22-13-6-2-1-3-7-13/h1-3,6-7H,4-5,8-11H2,(H,18,19). The molecule has 0 aromatic heterocycles. The van der Waals surface area contributed by atoms with Gasteiger partial charge in [-0.25, -0.2) is 0 Å². The molecular weight excluding hydrogens is 300 g/mol. The number of benzene rings is 1. The van der Waals surface area contributed by atoms with Crippen molar-refractivity contribution in [1.82, 2.24) is 5.32 Å². The molecule has 0 aliphatic heterocycles. The molecule has 116 valence electrons. The van der Waals surface area contributed by atoms with Gasteiger partial charge in [0.15, 0.2) is 6.61 Å². The second-order valence-electron chi connectivity index (χ2n) is 5.21. The van der Waals surface area contributed by atoms with E-state index in [0.717, 1.165) is 17.7 Å². The summed E-state index contributed by atoms with van der Waals surface area (Å²) in [7, 11) is 0. The van der Waals surface area contributed by atoms with E-state index in [0.29, 0.717) is 12.8 Å². The van der Waals surface area contributed by atoms with Crippen LogP contribution in [0, 0.1) is 11.3 Å². The lowest BCUT2D eigenvalue weighted by atomic mass is 10.00. The van der Waals surface area contributed by atoms with Gasteiger partial charge in [0.1, 0.15) is 5.54 Å². The molecule has 1 aliphatic carbocycles. The van der Waals surface area contributed by atoms with Crippen molar-refractivity contribution in [2.75, 3.05) is 12.4 Å². The number of carbonyl (C=O) groups excluding carboxylic acids is 2. The van der Waals surface area contributed by atoms with Crippen LogP contribution < -0.4 is 5.32 Å². The fourth-order valence-corrected chi connectivity index (χ4v) is 3.11. The van der Waals surface area contributed by atoms with Gasteiger partial charge < -0.3 is 10.1 Å². The fraction of sp³-hybridized carbons (Fsp3) is 0.438. The van der Waals surface area contributed by atoms with Crippen LogP contribution in [0.15, 0.2) is 35.2 Å². The summed E-state index contributed by atoms with van der Waals surface area (Å²) in [6.45, 7) is -0.336. The van der Waals surface area contributed by atoms with Gasteiger partial charge in [-0.2, -0.15) is 5.26 Å². The number of nitrogens with one attached hydrogen (secondary N) is 1. The van der Waals surface area contributed by atoms with Gasteiger partial charge in [0, 0.05) is 4.90 Å². The summed E-state index contributed by atoms with van der Waals surface area (Å²) in [5, 5.41) is 11.9. The summed E-state index contributed by atoms with van der Waals surface area (Å²) in [6, 6.07) is 11.7. The molecule has 0 spiro atoms. The second kappa shape index (κ2) is 7.85. The lowest BCUT2D eigenvalue weighted by Gasteiger charge is -2.21. The number of nitriles is 1. The van der Waals surface area contributed by atoms with Crippen LogP contribution in [0.4, 0.5) is 0 Å². The first-order valence-electron chi connectivity index (χ1n) is 7.19. The van der Waals surface area contributed by atoms with E-state index in [2.05, 4.69) is 11.4 Å². The molecule has 22 heavy (non-hydrogen) atoms. The molecule has 0 atom stereocenters. The Balaban J connectivity index is 1.70. The molecule has 1 saturated carbocycles. The molecule has 0 heterocycles. The zero-order chi connectivity index (χ0) is 15.8. The fourth-order valence-electron chi connectivity index (χ4n) is 2.39. The highest BCUT2D eigenvalue weighted by Gasteiger charge is 2.35. The monoisotopic (exact) mass is 318 g/mol. The number of esters is 1. The lowest BCUT2D eigenvalue weighted by molar-refractivity contribution is -0.146. The summed E-state index contributed by atoms with van der Waals surface area (Å²) in [5.41, 5.74) is -0.776. The highest BCUT2D eigenvalue weighted by Crippen LogP contribution is 2.28. The molecule has 0 radical (unpaired) electrons. The molecule has 1 amide bonds. The van der Waals surface area contributed by atoms with E-state index in [-0.39, 0.29) is 12.4 Å². The van der Waals surface area contributed by atoms with E-state index in [1.54, 1.807) is 0 Å². The summed E-state index contributed by atoms with van der Waals surface area (Å²) in [5.74, 6) is -0.705. The van der Waals surface area contributed by atoms with E-state index in [4.69, 9.17) is 4.74 Å². The number of hydrogen-bond donors (Lipinski definition) is 1. The SMILES string of the molecule is N#CC1(NC(=O)COC(=O)CSc2ccccc2)CCCC1. The third-order valence-corrected chi connectivity index (χ3v) is 4.50. The second-order valence-corrected chi connectivity index (χ2v) is 6.26. The first-order valence-corrected chi connectivity index (χ1v) is 8.18. The van der Waals surface area contributed by atoms with E-state index >= 15 is 0 Å². The number of thioether (sulfide) groups is 1. The van der Waals surface area contributed by atoms with Crippen molar-refractivity contribution in [3.05, 3.63) is 30.3 Å². The van der Waals surface area contributed by atoms with Crippen LogP contribution in [-0.4, -0.2) is 29.8 Å². The normalized spacial score (nSPS) is 15.8. The Labute approximate surface area is 134 Å². The third kappa shape index (κ3) is 4.78. The number of ether oxygens (including phenoxy) is 1. The van der Waals surface area contributed by atoms with Gasteiger partial charge in [0.25, 0.3) is 5.91 Å². The molecule has 0 bridgehead atoms. The number of carbonyl (C=O) groups is 2. The summed E-state index contributed by atoms with van der Waals surface area (Å²) < 4.78 is 4.94. The predicted molar refractivity (Wildman–Crippen MR) is 83.1 cm³/mol. The average Bonchev–Trinajstić information content (AvgIpc) is 3.01. The first kappa shape index (κ1) is 16.4. The molecular formula is C16H18N2O3S. The van der Waals surface area contributed by atoms with Crippen molar-refractivity contribution in [2.45, 2.75) is 36.1 Å². The maximum atomic E-state index is 11.8. The minimum absolute atomic E-state index is 0.153. The Morgan fingerprint density at radius 3 is 2.59 bits per heavy atom. The average molecular weight is 318 g/mol. The van der Waals surface area contributed by atoms with E-state index in [9.17, 15) is 14.9 Å². The Bertz CT molecular complexity index is 563.